The molecule has 1 saturated heterocycles. The van der Waals surface area contributed by atoms with E-state index in [0.717, 1.165) is 0 Å². The number of hydrogen-bond acceptors (Lipinski definition) is 5. The summed E-state index contributed by atoms with van der Waals surface area (Å²) in [5.74, 6) is 0.413. The quantitative estimate of drug-likeness (QED) is 0.784. The molecule has 0 saturated carbocycles. The molecule has 106 valence electrons. The first-order valence-electron chi connectivity index (χ1n) is 6.18. The van der Waals surface area contributed by atoms with Crippen LogP contribution < -0.4 is 0 Å². The van der Waals surface area contributed by atoms with Crippen molar-refractivity contribution < 1.29 is 17.6 Å². The summed E-state index contributed by atoms with van der Waals surface area (Å²) in [7, 11) is -2.93. The van der Waals surface area contributed by atoms with Gasteiger partial charge in [0.15, 0.2) is 5.76 Å². The molecule has 0 unspecified atom stereocenters. The first kappa shape index (κ1) is 14.1. The van der Waals surface area contributed by atoms with Crippen LogP contribution in [-0.2, 0) is 9.84 Å². The van der Waals surface area contributed by atoms with Crippen molar-refractivity contribution in [3.8, 4) is 0 Å². The smallest absolute Gasteiger partial charge is 0.289 e. The van der Waals surface area contributed by atoms with Crippen LogP contribution >= 0.6 is 0 Å². The normalized spacial score (nSPS) is 17.6. The van der Waals surface area contributed by atoms with E-state index in [4.69, 9.17) is 4.42 Å². The van der Waals surface area contributed by atoms with E-state index in [1.165, 1.54) is 12.5 Å². The highest BCUT2D eigenvalue weighted by Crippen LogP contribution is 2.09. The van der Waals surface area contributed by atoms with Gasteiger partial charge in [-0.15, -0.1) is 0 Å². The summed E-state index contributed by atoms with van der Waals surface area (Å²) in [6, 6.07) is 3.34. The Kier molecular flexibility index (Phi) is 4.26. The van der Waals surface area contributed by atoms with Gasteiger partial charge in [0, 0.05) is 39.0 Å². The second-order valence-electron chi connectivity index (χ2n) is 4.74. The molecule has 0 bridgehead atoms. The Morgan fingerprint density at radius 2 is 2.00 bits per heavy atom. The standard InChI is InChI=1S/C12H18N2O4S/c1-19(16,17)10-8-13-4-6-14(7-5-13)12(15)11-3-2-9-18-11/h2-3,9H,4-8,10H2,1H3. The van der Waals surface area contributed by atoms with Gasteiger partial charge in [-0.05, 0) is 12.1 Å². The number of sulfone groups is 1. The van der Waals surface area contributed by atoms with Gasteiger partial charge in [0.2, 0.25) is 0 Å². The zero-order chi connectivity index (χ0) is 13.9. The van der Waals surface area contributed by atoms with E-state index in [1.807, 2.05) is 0 Å². The highest BCUT2D eigenvalue weighted by Gasteiger charge is 2.23. The SMILES string of the molecule is CS(=O)(=O)CCN1CCN(C(=O)c2ccco2)CC1. The second-order valence-corrected chi connectivity index (χ2v) is 7.00. The van der Waals surface area contributed by atoms with Crippen molar-refractivity contribution in [1.82, 2.24) is 9.80 Å². The number of furan rings is 1. The Labute approximate surface area is 112 Å². The van der Waals surface area contributed by atoms with Crippen molar-refractivity contribution in [3.63, 3.8) is 0 Å². The molecule has 1 aliphatic rings. The van der Waals surface area contributed by atoms with Crippen molar-refractivity contribution in [2.24, 2.45) is 0 Å². The van der Waals surface area contributed by atoms with Crippen LogP contribution in [0.3, 0.4) is 0 Å². The topological polar surface area (TPSA) is 70.8 Å². The molecule has 1 aromatic rings. The molecule has 2 rings (SSSR count). The second kappa shape index (κ2) is 5.75. The molecule has 0 radical (unpaired) electrons. The fraction of sp³-hybridized carbons (Fsp3) is 0.583. The van der Waals surface area contributed by atoms with Gasteiger partial charge in [-0.3, -0.25) is 9.69 Å². The van der Waals surface area contributed by atoms with Gasteiger partial charge in [-0.2, -0.15) is 0 Å². The first-order chi connectivity index (χ1) is 8.96. The van der Waals surface area contributed by atoms with Crippen LogP contribution in [0.15, 0.2) is 22.8 Å². The zero-order valence-electron chi connectivity index (χ0n) is 10.9. The van der Waals surface area contributed by atoms with E-state index in [1.54, 1.807) is 17.0 Å². The lowest BCUT2D eigenvalue weighted by Gasteiger charge is -2.34. The maximum absolute atomic E-state index is 12.0. The molecular formula is C12H18N2O4S. The highest BCUT2D eigenvalue weighted by atomic mass is 32.2. The van der Waals surface area contributed by atoms with E-state index in [0.29, 0.717) is 38.5 Å². The van der Waals surface area contributed by atoms with Crippen LogP contribution in [0.25, 0.3) is 0 Å². The van der Waals surface area contributed by atoms with Gasteiger partial charge in [-0.25, -0.2) is 8.42 Å². The summed E-state index contributed by atoms with van der Waals surface area (Å²) >= 11 is 0. The summed E-state index contributed by atoms with van der Waals surface area (Å²) in [5, 5.41) is 0. The largest absolute Gasteiger partial charge is 0.459 e. The average Bonchev–Trinajstić information content (AvgIpc) is 2.89. The lowest BCUT2D eigenvalue weighted by molar-refractivity contribution is 0.0613. The minimum absolute atomic E-state index is 0.104. The molecule has 0 N–H and O–H groups in total. The van der Waals surface area contributed by atoms with E-state index in [-0.39, 0.29) is 11.7 Å². The minimum Gasteiger partial charge on any atom is -0.459 e. The number of nitrogens with zero attached hydrogens (tertiary/aromatic N) is 2. The van der Waals surface area contributed by atoms with Crippen molar-refractivity contribution in [3.05, 3.63) is 24.2 Å². The monoisotopic (exact) mass is 286 g/mol. The molecule has 1 aliphatic heterocycles. The highest BCUT2D eigenvalue weighted by molar-refractivity contribution is 7.90. The Bertz CT molecular complexity index is 516. The van der Waals surface area contributed by atoms with Gasteiger partial charge >= 0.3 is 0 Å². The molecule has 1 fully saturated rings. The third-order valence-electron chi connectivity index (χ3n) is 3.17. The van der Waals surface area contributed by atoms with Crippen LogP contribution in [0, 0.1) is 0 Å². The number of carbonyl (C=O) groups excluding carboxylic acids is 1. The van der Waals surface area contributed by atoms with E-state index < -0.39 is 9.84 Å². The maximum Gasteiger partial charge on any atom is 0.289 e. The minimum atomic E-state index is -2.93. The summed E-state index contributed by atoms with van der Waals surface area (Å²) in [6.45, 7) is 3.12. The van der Waals surface area contributed by atoms with Crippen molar-refractivity contribution >= 4 is 15.7 Å². The number of piperazine rings is 1. The molecule has 0 aromatic carbocycles. The lowest BCUT2D eigenvalue weighted by atomic mass is 10.3. The van der Waals surface area contributed by atoms with Crippen molar-refractivity contribution in [2.75, 3.05) is 44.7 Å². The Morgan fingerprint density at radius 1 is 1.32 bits per heavy atom. The molecule has 1 amide bonds. The Balaban J connectivity index is 1.81. The predicted octanol–water partition coefficient (Wildman–Crippen LogP) is 0.0820. The zero-order valence-corrected chi connectivity index (χ0v) is 11.7. The molecule has 0 spiro atoms. The van der Waals surface area contributed by atoms with Gasteiger partial charge in [0.1, 0.15) is 9.84 Å². The van der Waals surface area contributed by atoms with Gasteiger partial charge in [0.25, 0.3) is 5.91 Å². The summed E-state index contributed by atoms with van der Waals surface area (Å²) in [6.07, 6.45) is 2.72. The third-order valence-corrected chi connectivity index (χ3v) is 4.09. The molecular weight excluding hydrogens is 268 g/mol. The predicted molar refractivity (Wildman–Crippen MR) is 70.8 cm³/mol. The number of carbonyl (C=O) groups is 1. The molecule has 7 heteroatoms. The average molecular weight is 286 g/mol. The van der Waals surface area contributed by atoms with Crippen LogP contribution in [0.5, 0.6) is 0 Å². The first-order valence-corrected chi connectivity index (χ1v) is 8.24. The fourth-order valence-corrected chi connectivity index (χ4v) is 2.62. The van der Waals surface area contributed by atoms with Crippen molar-refractivity contribution in [2.45, 2.75) is 0 Å². The molecule has 0 atom stereocenters. The summed E-state index contributed by atoms with van der Waals surface area (Å²) in [5.41, 5.74) is 0. The Hall–Kier alpha value is -1.34. The third kappa shape index (κ3) is 4.07. The van der Waals surface area contributed by atoms with Crippen LogP contribution in [0.4, 0.5) is 0 Å². The molecule has 0 aliphatic carbocycles. The van der Waals surface area contributed by atoms with Gasteiger partial charge < -0.3 is 9.32 Å². The summed E-state index contributed by atoms with van der Waals surface area (Å²) < 4.78 is 27.3. The summed E-state index contributed by atoms with van der Waals surface area (Å²) in [4.78, 5) is 15.8. The molecule has 2 heterocycles. The van der Waals surface area contributed by atoms with Crippen LogP contribution in [0.1, 0.15) is 10.6 Å². The van der Waals surface area contributed by atoms with E-state index in [9.17, 15) is 13.2 Å². The van der Waals surface area contributed by atoms with E-state index in [2.05, 4.69) is 4.90 Å². The van der Waals surface area contributed by atoms with Crippen molar-refractivity contribution in [1.29, 1.82) is 0 Å². The lowest BCUT2D eigenvalue weighted by Crippen LogP contribution is -2.49. The van der Waals surface area contributed by atoms with Gasteiger partial charge in [-0.1, -0.05) is 0 Å². The van der Waals surface area contributed by atoms with Crippen LogP contribution in [-0.4, -0.2) is 68.9 Å². The number of rotatable bonds is 4. The molecule has 1 aromatic heterocycles. The van der Waals surface area contributed by atoms with Gasteiger partial charge in [0.05, 0.1) is 12.0 Å². The van der Waals surface area contributed by atoms with Crippen LogP contribution in [0.2, 0.25) is 0 Å². The fourth-order valence-electron chi connectivity index (χ4n) is 2.03. The van der Waals surface area contributed by atoms with E-state index >= 15 is 0 Å². The molecule has 6 nitrogen and oxygen atoms in total. The maximum atomic E-state index is 12.0. The molecule has 19 heavy (non-hydrogen) atoms. The Morgan fingerprint density at radius 3 is 2.53 bits per heavy atom. The number of amides is 1. The number of hydrogen-bond donors (Lipinski definition) is 0.